The first-order valence-electron chi connectivity index (χ1n) is 8.97. The van der Waals surface area contributed by atoms with Crippen molar-refractivity contribution < 1.29 is 0 Å². The average Bonchev–Trinajstić information content (AvgIpc) is 3.37. The van der Waals surface area contributed by atoms with Crippen LogP contribution in [0, 0.1) is 0 Å². The van der Waals surface area contributed by atoms with E-state index in [1.807, 2.05) is 36.4 Å². The number of fused-ring (bicyclic) bond motifs is 2. The van der Waals surface area contributed by atoms with Gasteiger partial charge in [0.2, 0.25) is 0 Å². The first kappa shape index (κ1) is 20.8. The number of hydrogen-bond donors (Lipinski definition) is 5. The highest BCUT2D eigenvalue weighted by Gasteiger charge is 2.10. The fourth-order valence-corrected chi connectivity index (χ4v) is 3.37. The van der Waals surface area contributed by atoms with E-state index in [9.17, 15) is 4.79 Å². The molecule has 3 aromatic rings. The molecule has 29 heavy (non-hydrogen) atoms. The van der Waals surface area contributed by atoms with Crippen molar-refractivity contribution in [2.24, 2.45) is 9.98 Å². The maximum absolute atomic E-state index is 13.0. The van der Waals surface area contributed by atoms with Crippen LogP contribution in [-0.4, -0.2) is 43.1 Å². The molecular weight excluding hydrogens is 413 g/mol. The topological polar surface area (TPSA) is 106 Å². The van der Waals surface area contributed by atoms with E-state index in [0.717, 1.165) is 60.5 Å². The SMILES string of the molecule is Cl.Cl.O=c1c2ccc(NC3=NCCN3)cc2[nH]c2ccc(NC3=NCCN3)cc12. The summed E-state index contributed by atoms with van der Waals surface area (Å²) in [5.74, 6) is 1.50. The van der Waals surface area contributed by atoms with Crippen molar-refractivity contribution in [1.82, 2.24) is 15.6 Å². The number of H-pyrrole nitrogens is 1. The molecule has 2 aliphatic heterocycles. The lowest BCUT2D eigenvalue weighted by atomic mass is 10.1. The monoisotopic (exact) mass is 433 g/mol. The number of benzene rings is 2. The van der Waals surface area contributed by atoms with Gasteiger partial charge in [0, 0.05) is 40.8 Å². The van der Waals surface area contributed by atoms with Gasteiger partial charge in [-0.15, -0.1) is 24.8 Å². The number of aromatic amines is 1. The maximum Gasteiger partial charge on any atom is 0.197 e. The van der Waals surface area contributed by atoms with Gasteiger partial charge in [-0.3, -0.25) is 14.8 Å². The number of nitrogens with zero attached hydrogens (tertiary/aromatic N) is 2. The van der Waals surface area contributed by atoms with E-state index in [-0.39, 0.29) is 30.2 Å². The Labute approximate surface area is 179 Å². The number of rotatable bonds is 2. The van der Waals surface area contributed by atoms with E-state index >= 15 is 0 Å². The van der Waals surface area contributed by atoms with Crippen LogP contribution in [0.15, 0.2) is 51.2 Å². The molecule has 2 aromatic carbocycles. The zero-order chi connectivity index (χ0) is 18.2. The van der Waals surface area contributed by atoms with Crippen LogP contribution < -0.4 is 26.7 Å². The molecule has 5 N–H and O–H groups in total. The summed E-state index contributed by atoms with van der Waals surface area (Å²) in [6.07, 6.45) is 0. The van der Waals surface area contributed by atoms with Gasteiger partial charge in [-0.25, -0.2) is 0 Å². The highest BCUT2D eigenvalue weighted by molar-refractivity contribution is 6.00. The number of anilines is 2. The third-order valence-electron chi connectivity index (χ3n) is 4.67. The minimum Gasteiger partial charge on any atom is -0.354 e. The van der Waals surface area contributed by atoms with Crippen LogP contribution in [0.5, 0.6) is 0 Å². The van der Waals surface area contributed by atoms with Crippen molar-refractivity contribution in [2.45, 2.75) is 0 Å². The van der Waals surface area contributed by atoms with E-state index in [0.29, 0.717) is 10.8 Å². The number of hydrogen-bond acceptors (Lipinski definition) is 7. The fraction of sp³-hybridized carbons (Fsp3) is 0.211. The second kappa shape index (κ2) is 8.59. The minimum absolute atomic E-state index is 0. The van der Waals surface area contributed by atoms with Crippen molar-refractivity contribution in [3.63, 3.8) is 0 Å². The molecule has 5 rings (SSSR count). The summed E-state index contributed by atoms with van der Waals surface area (Å²) in [4.78, 5) is 25.0. The normalized spacial score (nSPS) is 14.9. The Morgan fingerprint density at radius 2 is 1.38 bits per heavy atom. The summed E-state index contributed by atoms with van der Waals surface area (Å²) >= 11 is 0. The number of guanidine groups is 2. The molecule has 8 nitrogen and oxygen atoms in total. The highest BCUT2D eigenvalue weighted by Crippen LogP contribution is 2.21. The molecule has 10 heteroatoms. The molecule has 0 spiro atoms. The van der Waals surface area contributed by atoms with Crippen LogP contribution in [0.25, 0.3) is 21.8 Å². The van der Waals surface area contributed by atoms with E-state index < -0.39 is 0 Å². The van der Waals surface area contributed by atoms with Crippen molar-refractivity contribution in [3.8, 4) is 0 Å². The van der Waals surface area contributed by atoms with Crippen LogP contribution in [0.4, 0.5) is 11.4 Å². The molecule has 152 valence electrons. The van der Waals surface area contributed by atoms with Crippen molar-refractivity contribution in [1.29, 1.82) is 0 Å². The van der Waals surface area contributed by atoms with Crippen LogP contribution in [0.1, 0.15) is 0 Å². The standard InChI is InChI=1S/C19H19N7O.2ClH/c27-17-13-3-1-12(25-19-22-7-8-23-19)10-16(13)26-15-4-2-11(9-14(15)17)24-18-20-5-6-21-18;;/h1-4,9-10H,5-8H2,(H,26,27)(H2,20,21,24)(H2,22,23,25);2*1H. The molecule has 0 saturated heterocycles. The smallest absolute Gasteiger partial charge is 0.197 e. The molecule has 0 aliphatic carbocycles. The number of aliphatic imine (C=N–C) groups is 2. The summed E-state index contributed by atoms with van der Waals surface area (Å²) in [5, 5.41) is 14.1. The first-order chi connectivity index (χ1) is 13.3. The zero-order valence-corrected chi connectivity index (χ0v) is 17.0. The van der Waals surface area contributed by atoms with E-state index in [4.69, 9.17) is 0 Å². The van der Waals surface area contributed by atoms with Crippen LogP contribution in [0.3, 0.4) is 0 Å². The molecule has 0 atom stereocenters. The first-order valence-corrected chi connectivity index (χ1v) is 8.97. The van der Waals surface area contributed by atoms with E-state index in [2.05, 4.69) is 36.2 Å². The summed E-state index contributed by atoms with van der Waals surface area (Å²) in [5.41, 5.74) is 3.32. The van der Waals surface area contributed by atoms with Gasteiger partial charge in [0.25, 0.3) is 0 Å². The van der Waals surface area contributed by atoms with Crippen molar-refractivity contribution >= 4 is 69.9 Å². The maximum atomic E-state index is 13.0. The Balaban J connectivity index is 0.00000120. The van der Waals surface area contributed by atoms with Crippen LogP contribution >= 0.6 is 24.8 Å². The van der Waals surface area contributed by atoms with Gasteiger partial charge in [0.05, 0.1) is 18.6 Å². The summed E-state index contributed by atoms with van der Waals surface area (Å²) in [6, 6.07) is 11.4. The Kier molecular flexibility index (Phi) is 6.14. The molecule has 1 aromatic heterocycles. The predicted octanol–water partition coefficient (Wildman–Crippen LogP) is 2.27. The molecule has 0 saturated carbocycles. The highest BCUT2D eigenvalue weighted by atomic mass is 35.5. The Bertz CT molecular complexity index is 1170. The molecule has 0 amide bonds. The van der Waals surface area contributed by atoms with Crippen molar-refractivity contribution in [3.05, 3.63) is 46.6 Å². The van der Waals surface area contributed by atoms with Gasteiger partial charge < -0.3 is 26.3 Å². The second-order valence-corrected chi connectivity index (χ2v) is 6.54. The van der Waals surface area contributed by atoms with Gasteiger partial charge in [0.15, 0.2) is 17.3 Å². The number of aromatic nitrogens is 1. The van der Waals surface area contributed by atoms with Gasteiger partial charge in [-0.1, -0.05) is 0 Å². The van der Waals surface area contributed by atoms with Gasteiger partial charge in [-0.2, -0.15) is 0 Å². The van der Waals surface area contributed by atoms with Gasteiger partial charge in [0.1, 0.15) is 0 Å². The van der Waals surface area contributed by atoms with Crippen molar-refractivity contribution in [2.75, 3.05) is 36.8 Å². The zero-order valence-electron chi connectivity index (χ0n) is 15.4. The quantitative estimate of drug-likeness (QED) is 0.398. The number of halogens is 2. The Hall–Kier alpha value is -2.97. The van der Waals surface area contributed by atoms with Gasteiger partial charge in [-0.05, 0) is 36.4 Å². The predicted molar refractivity (Wildman–Crippen MR) is 124 cm³/mol. The summed E-state index contributed by atoms with van der Waals surface area (Å²) in [7, 11) is 0. The number of pyridine rings is 1. The second-order valence-electron chi connectivity index (χ2n) is 6.54. The van der Waals surface area contributed by atoms with Gasteiger partial charge >= 0.3 is 0 Å². The van der Waals surface area contributed by atoms with Crippen LogP contribution in [-0.2, 0) is 0 Å². The molecular formula is C19H21Cl2N7O. The molecule has 0 unspecified atom stereocenters. The Morgan fingerprint density at radius 3 is 2.00 bits per heavy atom. The molecule has 2 aliphatic rings. The molecule has 0 radical (unpaired) electrons. The average molecular weight is 434 g/mol. The molecule has 0 bridgehead atoms. The van der Waals surface area contributed by atoms with E-state index in [1.54, 1.807) is 0 Å². The minimum atomic E-state index is 0. The lowest BCUT2D eigenvalue weighted by Gasteiger charge is -2.10. The summed E-state index contributed by atoms with van der Waals surface area (Å²) in [6.45, 7) is 3.21. The van der Waals surface area contributed by atoms with E-state index in [1.165, 1.54) is 0 Å². The third-order valence-corrected chi connectivity index (χ3v) is 4.67. The van der Waals surface area contributed by atoms with Crippen LogP contribution in [0.2, 0.25) is 0 Å². The molecule has 0 fully saturated rings. The summed E-state index contributed by atoms with van der Waals surface area (Å²) < 4.78 is 0. The lowest BCUT2D eigenvalue weighted by molar-refractivity contribution is 0.959. The fourth-order valence-electron chi connectivity index (χ4n) is 3.37. The third kappa shape index (κ3) is 4.08. The molecule has 3 heterocycles. The largest absolute Gasteiger partial charge is 0.354 e. The number of nitrogens with one attached hydrogen (secondary N) is 5. The Morgan fingerprint density at radius 1 is 0.759 bits per heavy atom. The lowest BCUT2D eigenvalue weighted by Crippen LogP contribution is -2.26.